The number of carbonyl (C=O) groups is 1. The van der Waals surface area contributed by atoms with Crippen molar-refractivity contribution in [3.05, 3.63) is 41.7 Å². The molecule has 0 saturated heterocycles. The Hall–Kier alpha value is -1.71. The molecule has 78 valence electrons. The van der Waals surface area contributed by atoms with Crippen molar-refractivity contribution in [2.75, 3.05) is 6.61 Å². The normalized spacial score (nSPS) is 15.4. The van der Waals surface area contributed by atoms with E-state index in [0.29, 0.717) is 12.4 Å². The fourth-order valence-corrected chi connectivity index (χ4v) is 1.39. The first-order valence-electron chi connectivity index (χ1n) is 4.75. The van der Waals surface area contributed by atoms with Gasteiger partial charge >= 0.3 is 0 Å². The number of allylic oxidation sites excluding steroid dienone is 2. The van der Waals surface area contributed by atoms with Crippen molar-refractivity contribution in [1.82, 2.24) is 4.98 Å². The molecule has 0 aromatic carbocycles. The van der Waals surface area contributed by atoms with E-state index < -0.39 is 5.82 Å². The van der Waals surface area contributed by atoms with Crippen LogP contribution in [0.2, 0.25) is 0 Å². The molecule has 2 rings (SSSR count). The molecule has 1 aliphatic rings. The quantitative estimate of drug-likeness (QED) is 0.697. The van der Waals surface area contributed by atoms with Crippen LogP contribution in [0.3, 0.4) is 0 Å². The summed E-state index contributed by atoms with van der Waals surface area (Å²) >= 11 is 0. The lowest BCUT2D eigenvalue weighted by Crippen LogP contribution is -2.11. The summed E-state index contributed by atoms with van der Waals surface area (Å²) in [5.74, 6) is -0.521. The van der Waals surface area contributed by atoms with Gasteiger partial charge in [0, 0.05) is 11.8 Å². The first-order valence-corrected chi connectivity index (χ1v) is 4.75. The van der Waals surface area contributed by atoms with Crippen LogP contribution in [0, 0.1) is 5.82 Å². The van der Waals surface area contributed by atoms with Crippen LogP contribution in [0.4, 0.5) is 4.39 Å². The van der Waals surface area contributed by atoms with Crippen LogP contribution in [-0.2, 0) is 4.74 Å². The molecule has 0 spiro atoms. The monoisotopic (exact) mass is 207 g/mol. The number of ketones is 1. The van der Waals surface area contributed by atoms with E-state index >= 15 is 0 Å². The van der Waals surface area contributed by atoms with Crippen LogP contribution in [-0.4, -0.2) is 17.4 Å². The van der Waals surface area contributed by atoms with Crippen LogP contribution < -0.4 is 0 Å². The molecule has 15 heavy (non-hydrogen) atoms. The maximum Gasteiger partial charge on any atom is 0.228 e. The maximum absolute atomic E-state index is 12.8. The van der Waals surface area contributed by atoms with Gasteiger partial charge in [0.1, 0.15) is 5.82 Å². The Morgan fingerprint density at radius 1 is 1.47 bits per heavy atom. The molecule has 0 bridgehead atoms. The van der Waals surface area contributed by atoms with E-state index in [4.69, 9.17) is 4.74 Å². The van der Waals surface area contributed by atoms with Crippen molar-refractivity contribution in [2.45, 2.75) is 12.8 Å². The molecule has 2 heterocycles. The Morgan fingerprint density at radius 2 is 2.33 bits per heavy atom. The summed E-state index contributed by atoms with van der Waals surface area (Å²) in [5.41, 5.74) is 0.225. The van der Waals surface area contributed by atoms with E-state index in [-0.39, 0.29) is 11.3 Å². The van der Waals surface area contributed by atoms with Crippen molar-refractivity contribution in [3.8, 4) is 0 Å². The zero-order valence-corrected chi connectivity index (χ0v) is 8.07. The maximum atomic E-state index is 12.8. The van der Waals surface area contributed by atoms with Crippen molar-refractivity contribution in [1.29, 1.82) is 0 Å². The van der Waals surface area contributed by atoms with E-state index in [0.717, 1.165) is 25.1 Å². The van der Waals surface area contributed by atoms with Gasteiger partial charge in [0.05, 0.1) is 12.8 Å². The molecule has 0 amide bonds. The van der Waals surface area contributed by atoms with Gasteiger partial charge in [-0.05, 0) is 25.0 Å². The van der Waals surface area contributed by atoms with Crippen LogP contribution in [0.5, 0.6) is 0 Å². The fraction of sp³-hybridized carbons (Fsp3) is 0.273. The lowest BCUT2D eigenvalue weighted by atomic mass is 10.1. The van der Waals surface area contributed by atoms with Crippen molar-refractivity contribution < 1.29 is 13.9 Å². The van der Waals surface area contributed by atoms with Gasteiger partial charge in [-0.1, -0.05) is 0 Å². The highest BCUT2D eigenvalue weighted by molar-refractivity contribution is 6.07. The predicted octanol–water partition coefficient (Wildman–Crippen LogP) is 2.10. The van der Waals surface area contributed by atoms with Crippen LogP contribution >= 0.6 is 0 Å². The second-order valence-corrected chi connectivity index (χ2v) is 3.28. The second-order valence-electron chi connectivity index (χ2n) is 3.28. The number of carbonyl (C=O) groups excluding carboxylic acids is 1. The molecule has 0 atom stereocenters. The number of Topliss-reactive ketones (excluding diaryl/α,β-unsaturated/α-hetero) is 1. The molecule has 1 aliphatic heterocycles. The third-order valence-corrected chi connectivity index (χ3v) is 2.13. The fourth-order valence-electron chi connectivity index (χ4n) is 1.39. The van der Waals surface area contributed by atoms with Crippen LogP contribution in [0.25, 0.3) is 0 Å². The third-order valence-electron chi connectivity index (χ3n) is 2.13. The number of aromatic nitrogens is 1. The molecule has 0 fully saturated rings. The largest absolute Gasteiger partial charge is 0.490 e. The highest BCUT2D eigenvalue weighted by Crippen LogP contribution is 2.15. The van der Waals surface area contributed by atoms with Crippen molar-refractivity contribution >= 4 is 5.78 Å². The van der Waals surface area contributed by atoms with Gasteiger partial charge < -0.3 is 4.74 Å². The van der Waals surface area contributed by atoms with E-state index in [1.807, 2.05) is 0 Å². The molecule has 0 N–H and O–H groups in total. The summed E-state index contributed by atoms with van der Waals surface area (Å²) in [6.07, 6.45) is 5.87. The number of nitrogens with zero attached hydrogens (tertiary/aromatic N) is 1. The number of hydrogen-bond donors (Lipinski definition) is 0. The minimum Gasteiger partial charge on any atom is -0.490 e. The average Bonchev–Trinajstić information content (AvgIpc) is 2.29. The molecule has 0 aliphatic carbocycles. The SMILES string of the molecule is O=C(C1=CCCCO1)c1cncc(F)c1. The summed E-state index contributed by atoms with van der Waals surface area (Å²) in [6.45, 7) is 0.542. The van der Waals surface area contributed by atoms with Crippen LogP contribution in [0.1, 0.15) is 23.2 Å². The van der Waals surface area contributed by atoms with E-state index in [9.17, 15) is 9.18 Å². The zero-order valence-electron chi connectivity index (χ0n) is 8.07. The molecule has 3 nitrogen and oxygen atoms in total. The van der Waals surface area contributed by atoms with Gasteiger partial charge in [-0.3, -0.25) is 9.78 Å². The van der Waals surface area contributed by atoms with Gasteiger partial charge in [0.2, 0.25) is 5.78 Å². The standard InChI is InChI=1S/C11H10FNO2/c12-9-5-8(6-13-7-9)11(14)10-3-1-2-4-15-10/h3,5-7H,1-2,4H2. The zero-order chi connectivity index (χ0) is 10.7. The molecule has 0 saturated carbocycles. The van der Waals surface area contributed by atoms with Gasteiger partial charge in [0.15, 0.2) is 5.76 Å². The smallest absolute Gasteiger partial charge is 0.228 e. The summed E-state index contributed by atoms with van der Waals surface area (Å²) < 4.78 is 18.0. The lowest BCUT2D eigenvalue weighted by molar-refractivity contribution is 0.0898. The Balaban J connectivity index is 2.24. The Labute approximate surface area is 86.6 Å². The molecule has 1 aromatic heterocycles. The van der Waals surface area contributed by atoms with Crippen molar-refractivity contribution in [2.24, 2.45) is 0 Å². The minimum atomic E-state index is -0.516. The summed E-state index contributed by atoms with van der Waals surface area (Å²) in [5, 5.41) is 0. The molecule has 0 unspecified atom stereocenters. The number of rotatable bonds is 2. The number of hydrogen-bond acceptors (Lipinski definition) is 3. The average molecular weight is 207 g/mol. The number of ether oxygens (including phenoxy) is 1. The van der Waals surface area contributed by atoms with Crippen LogP contribution in [0.15, 0.2) is 30.3 Å². The molecule has 4 heteroatoms. The van der Waals surface area contributed by atoms with Gasteiger partial charge in [-0.15, -0.1) is 0 Å². The molecular weight excluding hydrogens is 197 g/mol. The first kappa shape index (κ1) is 9.83. The lowest BCUT2D eigenvalue weighted by Gasteiger charge is -2.13. The summed E-state index contributed by atoms with van der Waals surface area (Å²) in [7, 11) is 0. The van der Waals surface area contributed by atoms with E-state index in [1.165, 1.54) is 6.20 Å². The summed E-state index contributed by atoms with van der Waals surface area (Å²) in [4.78, 5) is 15.4. The van der Waals surface area contributed by atoms with E-state index in [1.54, 1.807) is 6.08 Å². The number of halogens is 1. The topological polar surface area (TPSA) is 39.2 Å². The predicted molar refractivity (Wildman–Crippen MR) is 51.8 cm³/mol. The molecule has 1 aromatic rings. The first-order chi connectivity index (χ1) is 7.27. The van der Waals surface area contributed by atoms with Gasteiger partial charge in [0.25, 0.3) is 0 Å². The Bertz CT molecular complexity index is 415. The molecular formula is C11H10FNO2. The second kappa shape index (κ2) is 4.21. The highest BCUT2D eigenvalue weighted by Gasteiger charge is 2.16. The van der Waals surface area contributed by atoms with Gasteiger partial charge in [-0.25, -0.2) is 4.39 Å². The summed E-state index contributed by atoms with van der Waals surface area (Å²) in [6, 6.07) is 1.16. The van der Waals surface area contributed by atoms with Crippen molar-refractivity contribution in [3.63, 3.8) is 0 Å². The Morgan fingerprint density at radius 3 is 3.00 bits per heavy atom. The molecule has 0 radical (unpaired) electrons. The minimum absolute atomic E-state index is 0.225. The van der Waals surface area contributed by atoms with Gasteiger partial charge in [-0.2, -0.15) is 0 Å². The van der Waals surface area contributed by atoms with E-state index in [2.05, 4.69) is 4.98 Å². The third kappa shape index (κ3) is 2.21. The highest BCUT2D eigenvalue weighted by atomic mass is 19.1. The Kier molecular flexibility index (Phi) is 2.76. The number of pyridine rings is 1.